The smallest absolute Gasteiger partial charge is 0.0395 e. The monoisotopic (exact) mass is 265 g/mol. The third-order valence-corrected chi connectivity index (χ3v) is 3.74. The van der Waals surface area contributed by atoms with Crippen molar-refractivity contribution < 1.29 is 0 Å². The fourth-order valence-electron chi connectivity index (χ4n) is 2.43. The normalized spacial score (nSPS) is 20.8. The van der Waals surface area contributed by atoms with E-state index in [4.69, 9.17) is 0 Å². The second kappa shape index (κ2) is 8.19. The molecule has 2 aliphatic rings. The maximum absolute atomic E-state index is 3.77. The standard InChI is InChI=1S/C14H27N5/c1-2-17-11-13-19(14-12-17)10-6-16-5-9-18-7-3-15-4-8-18/h2,11,13,15-16H,1,3-10,12,14H2. The molecule has 19 heavy (non-hydrogen) atoms. The third-order valence-electron chi connectivity index (χ3n) is 3.74. The van der Waals surface area contributed by atoms with Crippen molar-refractivity contribution in [1.82, 2.24) is 25.3 Å². The van der Waals surface area contributed by atoms with E-state index >= 15 is 0 Å². The minimum Gasteiger partial charge on any atom is -0.373 e. The van der Waals surface area contributed by atoms with E-state index in [1.54, 1.807) is 0 Å². The SMILES string of the molecule is C=CN1C=CN(CCNCCN2CCNCC2)CC1. The first kappa shape index (κ1) is 14.4. The summed E-state index contributed by atoms with van der Waals surface area (Å²) in [5.41, 5.74) is 0. The molecular weight excluding hydrogens is 238 g/mol. The van der Waals surface area contributed by atoms with E-state index in [0.29, 0.717) is 0 Å². The van der Waals surface area contributed by atoms with Crippen LogP contribution in [0.3, 0.4) is 0 Å². The van der Waals surface area contributed by atoms with Gasteiger partial charge in [-0.2, -0.15) is 0 Å². The van der Waals surface area contributed by atoms with Crippen molar-refractivity contribution in [3.63, 3.8) is 0 Å². The zero-order valence-corrected chi connectivity index (χ0v) is 11.9. The van der Waals surface area contributed by atoms with Crippen molar-refractivity contribution in [1.29, 1.82) is 0 Å². The Balaban J connectivity index is 1.49. The van der Waals surface area contributed by atoms with Crippen molar-refractivity contribution in [2.75, 3.05) is 65.4 Å². The molecule has 0 amide bonds. The summed E-state index contributed by atoms with van der Waals surface area (Å²) in [7, 11) is 0. The van der Waals surface area contributed by atoms with Gasteiger partial charge in [-0.05, 0) is 6.20 Å². The number of piperazine rings is 1. The van der Waals surface area contributed by atoms with E-state index in [2.05, 4.69) is 44.3 Å². The summed E-state index contributed by atoms with van der Waals surface area (Å²) in [6, 6.07) is 0. The number of nitrogens with one attached hydrogen (secondary N) is 2. The maximum atomic E-state index is 3.77. The Bertz CT molecular complexity index is 286. The van der Waals surface area contributed by atoms with Crippen LogP contribution in [0, 0.1) is 0 Å². The van der Waals surface area contributed by atoms with Crippen LogP contribution in [-0.4, -0.2) is 80.1 Å². The average Bonchev–Trinajstić information content (AvgIpc) is 2.49. The molecule has 2 N–H and O–H groups in total. The molecular formula is C14H27N5. The second-order valence-corrected chi connectivity index (χ2v) is 5.10. The Morgan fingerprint density at radius 3 is 2.53 bits per heavy atom. The van der Waals surface area contributed by atoms with Crippen LogP contribution < -0.4 is 10.6 Å². The van der Waals surface area contributed by atoms with Gasteiger partial charge in [0.2, 0.25) is 0 Å². The lowest BCUT2D eigenvalue weighted by Crippen LogP contribution is -2.46. The van der Waals surface area contributed by atoms with Crippen molar-refractivity contribution in [3.8, 4) is 0 Å². The molecule has 0 radical (unpaired) electrons. The molecule has 0 aromatic heterocycles. The van der Waals surface area contributed by atoms with Gasteiger partial charge in [0.15, 0.2) is 0 Å². The second-order valence-electron chi connectivity index (χ2n) is 5.10. The molecule has 1 saturated heterocycles. The lowest BCUT2D eigenvalue weighted by Gasteiger charge is -2.29. The van der Waals surface area contributed by atoms with E-state index in [1.165, 1.54) is 19.6 Å². The predicted molar refractivity (Wildman–Crippen MR) is 79.8 cm³/mol. The highest BCUT2D eigenvalue weighted by atomic mass is 15.2. The first-order valence-electron chi connectivity index (χ1n) is 7.33. The highest BCUT2D eigenvalue weighted by Crippen LogP contribution is 2.01. The van der Waals surface area contributed by atoms with Gasteiger partial charge in [0.25, 0.3) is 0 Å². The molecule has 0 aromatic carbocycles. The van der Waals surface area contributed by atoms with E-state index in [1.807, 2.05) is 6.20 Å². The molecule has 5 heteroatoms. The lowest BCUT2D eigenvalue weighted by molar-refractivity contribution is 0.238. The molecule has 0 aliphatic carbocycles. The summed E-state index contributed by atoms with van der Waals surface area (Å²) in [6.07, 6.45) is 6.12. The number of hydrogen-bond donors (Lipinski definition) is 2. The highest BCUT2D eigenvalue weighted by molar-refractivity contribution is 4.93. The molecule has 5 nitrogen and oxygen atoms in total. The summed E-state index contributed by atoms with van der Waals surface area (Å²) in [4.78, 5) is 7.00. The van der Waals surface area contributed by atoms with Gasteiger partial charge in [-0.1, -0.05) is 6.58 Å². The average molecular weight is 265 g/mol. The van der Waals surface area contributed by atoms with Gasteiger partial charge in [-0.15, -0.1) is 0 Å². The summed E-state index contributed by atoms with van der Waals surface area (Å²) in [5.74, 6) is 0. The molecule has 0 unspecified atom stereocenters. The molecule has 2 heterocycles. The van der Waals surface area contributed by atoms with Gasteiger partial charge in [0, 0.05) is 77.8 Å². The van der Waals surface area contributed by atoms with Crippen molar-refractivity contribution in [2.45, 2.75) is 0 Å². The quantitative estimate of drug-likeness (QED) is 0.619. The molecule has 2 rings (SSSR count). The predicted octanol–water partition coefficient (Wildman–Crippen LogP) is -0.286. The number of hydrogen-bond acceptors (Lipinski definition) is 5. The summed E-state index contributed by atoms with van der Waals surface area (Å²) >= 11 is 0. The Morgan fingerprint density at radius 1 is 1.05 bits per heavy atom. The van der Waals surface area contributed by atoms with Gasteiger partial charge in [0.1, 0.15) is 0 Å². The highest BCUT2D eigenvalue weighted by Gasteiger charge is 2.09. The maximum Gasteiger partial charge on any atom is 0.0395 e. The van der Waals surface area contributed by atoms with Crippen LogP contribution in [0.4, 0.5) is 0 Å². The molecule has 0 bridgehead atoms. The van der Waals surface area contributed by atoms with Crippen LogP contribution in [-0.2, 0) is 0 Å². The van der Waals surface area contributed by atoms with Crippen LogP contribution in [0.2, 0.25) is 0 Å². The minimum atomic E-state index is 1.04. The van der Waals surface area contributed by atoms with Crippen molar-refractivity contribution in [2.24, 2.45) is 0 Å². The van der Waals surface area contributed by atoms with Crippen molar-refractivity contribution >= 4 is 0 Å². The van der Waals surface area contributed by atoms with E-state index in [9.17, 15) is 0 Å². The summed E-state index contributed by atoms with van der Waals surface area (Å²) in [6.45, 7) is 15.0. The Kier molecular flexibility index (Phi) is 6.20. The first-order valence-corrected chi connectivity index (χ1v) is 7.33. The topological polar surface area (TPSA) is 33.8 Å². The van der Waals surface area contributed by atoms with Gasteiger partial charge in [-0.25, -0.2) is 0 Å². The van der Waals surface area contributed by atoms with Crippen molar-refractivity contribution in [3.05, 3.63) is 25.2 Å². The van der Waals surface area contributed by atoms with Gasteiger partial charge in [-0.3, -0.25) is 4.90 Å². The number of rotatable bonds is 7. The van der Waals surface area contributed by atoms with Gasteiger partial charge >= 0.3 is 0 Å². The van der Waals surface area contributed by atoms with Crippen LogP contribution in [0.15, 0.2) is 25.2 Å². The van der Waals surface area contributed by atoms with Gasteiger partial charge < -0.3 is 20.4 Å². The van der Waals surface area contributed by atoms with Crippen LogP contribution in [0.5, 0.6) is 0 Å². The van der Waals surface area contributed by atoms with Crippen LogP contribution in [0.25, 0.3) is 0 Å². The van der Waals surface area contributed by atoms with E-state index in [0.717, 1.165) is 45.8 Å². The summed E-state index contributed by atoms with van der Waals surface area (Å²) < 4.78 is 0. The zero-order valence-electron chi connectivity index (χ0n) is 11.9. The largest absolute Gasteiger partial charge is 0.373 e. The molecule has 0 aromatic rings. The van der Waals surface area contributed by atoms with Crippen LogP contribution >= 0.6 is 0 Å². The fourth-order valence-corrected chi connectivity index (χ4v) is 2.43. The Morgan fingerprint density at radius 2 is 1.84 bits per heavy atom. The molecule has 0 atom stereocenters. The molecule has 2 aliphatic heterocycles. The summed E-state index contributed by atoms with van der Waals surface area (Å²) in [5, 5.41) is 6.91. The molecule has 0 saturated carbocycles. The minimum absolute atomic E-state index is 1.04. The zero-order chi connectivity index (χ0) is 13.3. The van der Waals surface area contributed by atoms with Crippen LogP contribution in [0.1, 0.15) is 0 Å². The Labute approximate surface area is 116 Å². The molecule has 108 valence electrons. The van der Waals surface area contributed by atoms with E-state index < -0.39 is 0 Å². The van der Waals surface area contributed by atoms with E-state index in [-0.39, 0.29) is 0 Å². The fraction of sp³-hybridized carbons (Fsp3) is 0.714. The lowest BCUT2D eigenvalue weighted by atomic mass is 10.3. The Hall–Kier alpha value is -1.04. The molecule has 1 fully saturated rings. The van der Waals surface area contributed by atoms with Gasteiger partial charge in [0.05, 0.1) is 0 Å². The first-order chi connectivity index (χ1) is 9.38. The third kappa shape index (κ3) is 5.22. The number of nitrogens with zero attached hydrogens (tertiary/aromatic N) is 3. The molecule has 0 spiro atoms.